The van der Waals surface area contributed by atoms with Crippen molar-refractivity contribution in [3.63, 3.8) is 0 Å². The van der Waals surface area contributed by atoms with E-state index in [1.807, 2.05) is 25.4 Å². The average Bonchev–Trinajstić information content (AvgIpc) is 2.04. The number of hydrogen-bond acceptors (Lipinski definition) is 3. The standard InChI is InChI=1S/C9H14ClN3/c1-13(7-9(10)11)6-8-3-2-4-12-5-8/h2-5,9H,6-7,11H2,1H3. The van der Waals surface area contributed by atoms with Crippen molar-refractivity contribution in [2.45, 2.75) is 12.0 Å². The first-order chi connectivity index (χ1) is 6.18. The molecule has 0 spiro atoms. The van der Waals surface area contributed by atoms with Crippen LogP contribution in [-0.4, -0.2) is 29.0 Å². The van der Waals surface area contributed by atoms with Gasteiger partial charge in [-0.05, 0) is 18.7 Å². The molecule has 1 rings (SSSR count). The van der Waals surface area contributed by atoms with Crippen LogP contribution in [0.3, 0.4) is 0 Å². The molecule has 0 aromatic carbocycles. The molecule has 0 aliphatic heterocycles. The highest BCUT2D eigenvalue weighted by Crippen LogP contribution is 2.01. The molecule has 0 bridgehead atoms. The predicted molar refractivity (Wildman–Crippen MR) is 54.4 cm³/mol. The summed E-state index contributed by atoms with van der Waals surface area (Å²) in [7, 11) is 1.98. The van der Waals surface area contributed by atoms with Gasteiger partial charge in [-0.25, -0.2) is 0 Å². The second-order valence-electron chi connectivity index (χ2n) is 3.07. The molecular formula is C9H14ClN3. The van der Waals surface area contributed by atoms with Crippen molar-refractivity contribution >= 4 is 11.6 Å². The third-order valence-corrected chi connectivity index (χ3v) is 1.80. The number of rotatable bonds is 4. The number of nitrogens with zero attached hydrogens (tertiary/aromatic N) is 2. The quantitative estimate of drug-likeness (QED) is 0.582. The number of pyridine rings is 1. The molecule has 3 nitrogen and oxygen atoms in total. The normalized spacial score (nSPS) is 13.2. The van der Waals surface area contributed by atoms with Crippen LogP contribution in [0.25, 0.3) is 0 Å². The van der Waals surface area contributed by atoms with Crippen LogP contribution >= 0.6 is 11.6 Å². The summed E-state index contributed by atoms with van der Waals surface area (Å²) in [4.78, 5) is 6.09. The third kappa shape index (κ3) is 4.22. The Kier molecular flexibility index (Phi) is 4.15. The lowest BCUT2D eigenvalue weighted by molar-refractivity contribution is 0.326. The van der Waals surface area contributed by atoms with E-state index in [0.717, 1.165) is 6.54 Å². The summed E-state index contributed by atoms with van der Waals surface area (Å²) in [5, 5.41) is 0. The fourth-order valence-corrected chi connectivity index (χ4v) is 1.40. The first-order valence-corrected chi connectivity index (χ1v) is 4.59. The Morgan fingerprint density at radius 1 is 1.69 bits per heavy atom. The molecule has 72 valence electrons. The van der Waals surface area contributed by atoms with Crippen molar-refractivity contribution in [2.24, 2.45) is 5.73 Å². The minimum atomic E-state index is -0.304. The Balaban J connectivity index is 2.41. The van der Waals surface area contributed by atoms with E-state index in [0.29, 0.717) is 6.54 Å². The molecule has 0 aliphatic carbocycles. The Morgan fingerprint density at radius 2 is 2.46 bits per heavy atom. The zero-order valence-corrected chi connectivity index (χ0v) is 8.41. The van der Waals surface area contributed by atoms with Gasteiger partial charge in [-0.3, -0.25) is 9.88 Å². The van der Waals surface area contributed by atoms with Crippen molar-refractivity contribution in [1.82, 2.24) is 9.88 Å². The summed E-state index contributed by atoms with van der Waals surface area (Å²) in [6.07, 6.45) is 3.60. The Morgan fingerprint density at radius 3 is 3.00 bits per heavy atom. The van der Waals surface area contributed by atoms with Gasteiger partial charge in [-0.15, -0.1) is 11.6 Å². The highest BCUT2D eigenvalue weighted by Gasteiger charge is 2.03. The number of aromatic nitrogens is 1. The van der Waals surface area contributed by atoms with Crippen molar-refractivity contribution in [3.8, 4) is 0 Å². The van der Waals surface area contributed by atoms with Gasteiger partial charge in [0.1, 0.15) is 0 Å². The maximum Gasteiger partial charge on any atom is 0.0929 e. The van der Waals surface area contributed by atoms with E-state index >= 15 is 0 Å². The molecule has 2 N–H and O–H groups in total. The van der Waals surface area contributed by atoms with E-state index in [2.05, 4.69) is 9.88 Å². The van der Waals surface area contributed by atoms with E-state index in [1.54, 1.807) is 6.20 Å². The molecule has 4 heteroatoms. The lowest BCUT2D eigenvalue weighted by Crippen LogP contribution is -2.30. The van der Waals surface area contributed by atoms with Crippen LogP contribution in [0.1, 0.15) is 5.56 Å². The molecule has 1 atom stereocenters. The fourth-order valence-electron chi connectivity index (χ4n) is 1.17. The summed E-state index contributed by atoms with van der Waals surface area (Å²) in [5.41, 5.74) is 6.32. The number of likely N-dealkylation sites (N-methyl/N-ethyl adjacent to an activating group) is 1. The van der Waals surface area contributed by atoms with E-state index in [4.69, 9.17) is 17.3 Å². The number of hydrogen-bond donors (Lipinski definition) is 1. The molecule has 1 aromatic rings. The van der Waals surface area contributed by atoms with E-state index in [-0.39, 0.29) is 5.50 Å². The predicted octanol–water partition coefficient (Wildman–Crippen LogP) is 1.04. The number of nitrogens with two attached hydrogens (primary N) is 1. The van der Waals surface area contributed by atoms with Crippen LogP contribution in [0, 0.1) is 0 Å². The Bertz CT molecular complexity index is 238. The SMILES string of the molecule is CN(Cc1cccnc1)CC(N)Cl. The molecule has 0 aliphatic rings. The van der Waals surface area contributed by atoms with Crippen LogP contribution < -0.4 is 5.73 Å². The average molecular weight is 200 g/mol. The third-order valence-electron chi connectivity index (χ3n) is 1.66. The number of alkyl halides is 1. The summed E-state index contributed by atoms with van der Waals surface area (Å²) < 4.78 is 0. The van der Waals surface area contributed by atoms with Gasteiger partial charge in [0.2, 0.25) is 0 Å². The molecular weight excluding hydrogens is 186 g/mol. The van der Waals surface area contributed by atoms with Crippen LogP contribution in [0.4, 0.5) is 0 Å². The van der Waals surface area contributed by atoms with Crippen LogP contribution in [0.2, 0.25) is 0 Å². The smallest absolute Gasteiger partial charge is 0.0929 e. The first kappa shape index (κ1) is 10.4. The minimum Gasteiger partial charge on any atom is -0.314 e. The van der Waals surface area contributed by atoms with Crippen molar-refractivity contribution in [3.05, 3.63) is 30.1 Å². The van der Waals surface area contributed by atoms with Crippen molar-refractivity contribution in [1.29, 1.82) is 0 Å². The van der Waals surface area contributed by atoms with Gasteiger partial charge in [-0.1, -0.05) is 6.07 Å². The van der Waals surface area contributed by atoms with Gasteiger partial charge < -0.3 is 5.73 Å². The Hall–Kier alpha value is -0.640. The Labute approximate surface area is 83.5 Å². The number of halogens is 1. The zero-order valence-electron chi connectivity index (χ0n) is 7.65. The van der Waals surface area contributed by atoms with E-state index in [9.17, 15) is 0 Å². The van der Waals surface area contributed by atoms with Gasteiger partial charge in [0.15, 0.2) is 0 Å². The van der Waals surface area contributed by atoms with Gasteiger partial charge in [0.25, 0.3) is 0 Å². The fraction of sp³-hybridized carbons (Fsp3) is 0.444. The zero-order chi connectivity index (χ0) is 9.68. The van der Waals surface area contributed by atoms with Gasteiger partial charge in [0, 0.05) is 25.5 Å². The summed E-state index contributed by atoms with van der Waals surface area (Å²) in [6, 6.07) is 3.95. The first-order valence-electron chi connectivity index (χ1n) is 4.15. The molecule has 0 saturated carbocycles. The molecule has 0 amide bonds. The minimum absolute atomic E-state index is 0.304. The summed E-state index contributed by atoms with van der Waals surface area (Å²) in [6.45, 7) is 1.50. The maximum atomic E-state index is 5.66. The van der Waals surface area contributed by atoms with Crippen LogP contribution in [0.15, 0.2) is 24.5 Å². The molecule has 1 heterocycles. The molecule has 0 radical (unpaired) electrons. The lowest BCUT2D eigenvalue weighted by Gasteiger charge is -2.17. The molecule has 13 heavy (non-hydrogen) atoms. The maximum absolute atomic E-state index is 5.66. The van der Waals surface area contributed by atoms with Gasteiger partial charge >= 0.3 is 0 Å². The molecule has 0 saturated heterocycles. The van der Waals surface area contributed by atoms with E-state index < -0.39 is 0 Å². The molecule has 1 aromatic heterocycles. The van der Waals surface area contributed by atoms with Crippen LogP contribution in [-0.2, 0) is 6.54 Å². The largest absolute Gasteiger partial charge is 0.314 e. The van der Waals surface area contributed by atoms with Crippen molar-refractivity contribution < 1.29 is 0 Å². The summed E-state index contributed by atoms with van der Waals surface area (Å²) >= 11 is 5.66. The van der Waals surface area contributed by atoms with Gasteiger partial charge in [-0.2, -0.15) is 0 Å². The summed E-state index contributed by atoms with van der Waals surface area (Å²) in [5.74, 6) is 0. The lowest BCUT2D eigenvalue weighted by atomic mass is 10.3. The monoisotopic (exact) mass is 199 g/mol. The second kappa shape index (κ2) is 5.17. The highest BCUT2D eigenvalue weighted by molar-refractivity contribution is 6.20. The molecule has 1 unspecified atom stereocenters. The molecule has 0 fully saturated rings. The second-order valence-corrected chi connectivity index (χ2v) is 3.63. The van der Waals surface area contributed by atoms with Gasteiger partial charge in [0.05, 0.1) is 5.50 Å². The van der Waals surface area contributed by atoms with Crippen molar-refractivity contribution in [2.75, 3.05) is 13.6 Å². The van der Waals surface area contributed by atoms with Crippen LogP contribution in [0.5, 0.6) is 0 Å². The highest BCUT2D eigenvalue weighted by atomic mass is 35.5. The topological polar surface area (TPSA) is 42.2 Å². The van der Waals surface area contributed by atoms with E-state index in [1.165, 1.54) is 5.56 Å².